The second-order valence-electron chi connectivity index (χ2n) is 5.59. The van der Waals surface area contributed by atoms with E-state index in [1.165, 1.54) is 4.90 Å². The second kappa shape index (κ2) is 6.21. The van der Waals surface area contributed by atoms with Crippen LogP contribution in [0.15, 0.2) is 0 Å². The Morgan fingerprint density at radius 3 is 2.53 bits per heavy atom. The number of esters is 1. The molecule has 0 spiro atoms. The van der Waals surface area contributed by atoms with Gasteiger partial charge in [-0.3, -0.25) is 4.79 Å². The monoisotopic (exact) mass is 275 g/mol. The highest BCUT2D eigenvalue weighted by molar-refractivity contribution is 5.75. The van der Waals surface area contributed by atoms with Crippen LogP contribution in [0.3, 0.4) is 0 Å². The van der Waals surface area contributed by atoms with Crippen LogP contribution < -0.4 is 0 Å². The molecule has 0 bridgehead atoms. The van der Waals surface area contributed by atoms with Gasteiger partial charge in [-0.05, 0) is 34.1 Å². The van der Waals surface area contributed by atoms with E-state index in [0.717, 1.165) is 0 Å². The van der Waals surface area contributed by atoms with Gasteiger partial charge in [0.2, 0.25) is 0 Å². The fourth-order valence-corrected chi connectivity index (χ4v) is 1.89. The zero-order valence-electron chi connectivity index (χ0n) is 11.9. The van der Waals surface area contributed by atoms with Crippen LogP contribution in [0.4, 0.5) is 9.18 Å². The third kappa shape index (κ3) is 4.69. The Labute approximate surface area is 113 Å². The van der Waals surface area contributed by atoms with E-state index in [2.05, 4.69) is 0 Å². The first-order chi connectivity index (χ1) is 8.74. The molecule has 0 aliphatic carbocycles. The summed E-state index contributed by atoms with van der Waals surface area (Å²) >= 11 is 0. The van der Waals surface area contributed by atoms with Gasteiger partial charge in [0, 0.05) is 13.1 Å². The third-order valence-electron chi connectivity index (χ3n) is 2.77. The van der Waals surface area contributed by atoms with Crippen molar-refractivity contribution in [3.8, 4) is 0 Å². The van der Waals surface area contributed by atoms with Crippen molar-refractivity contribution >= 4 is 12.1 Å². The highest BCUT2D eigenvalue weighted by Crippen LogP contribution is 2.23. The van der Waals surface area contributed by atoms with Crippen LogP contribution in [-0.4, -0.2) is 48.4 Å². The largest absolute Gasteiger partial charge is 0.466 e. The summed E-state index contributed by atoms with van der Waals surface area (Å²) in [6.07, 6.45) is -1.66. The van der Waals surface area contributed by atoms with Crippen LogP contribution in [-0.2, 0) is 14.3 Å². The molecule has 19 heavy (non-hydrogen) atoms. The molecule has 1 amide bonds. The van der Waals surface area contributed by atoms with Gasteiger partial charge in [0.05, 0.1) is 6.61 Å². The van der Waals surface area contributed by atoms with Crippen molar-refractivity contribution in [3.63, 3.8) is 0 Å². The minimum Gasteiger partial charge on any atom is -0.466 e. The number of likely N-dealkylation sites (tertiary alicyclic amines) is 1. The summed E-state index contributed by atoms with van der Waals surface area (Å²) in [5.41, 5.74) is -0.608. The van der Waals surface area contributed by atoms with Crippen LogP contribution in [0.1, 0.15) is 34.1 Å². The normalized spacial score (nSPS) is 23.9. The molecule has 0 unspecified atom stereocenters. The molecule has 0 saturated carbocycles. The number of carbonyl (C=O) groups excluding carboxylic acids is 2. The minimum absolute atomic E-state index is 0.00884. The van der Waals surface area contributed by atoms with Gasteiger partial charge in [-0.15, -0.1) is 0 Å². The number of alkyl halides is 1. The Morgan fingerprint density at radius 1 is 1.37 bits per heavy atom. The Bertz CT molecular complexity index is 340. The van der Waals surface area contributed by atoms with Gasteiger partial charge >= 0.3 is 12.1 Å². The fraction of sp³-hybridized carbons (Fsp3) is 0.846. The molecule has 0 aromatic rings. The van der Waals surface area contributed by atoms with Crippen molar-refractivity contribution < 1.29 is 23.5 Å². The molecule has 0 N–H and O–H groups in total. The van der Waals surface area contributed by atoms with Crippen LogP contribution in [0.25, 0.3) is 0 Å². The lowest BCUT2D eigenvalue weighted by Crippen LogP contribution is -2.49. The number of nitrogens with zero attached hydrogens (tertiary/aromatic N) is 1. The van der Waals surface area contributed by atoms with Crippen molar-refractivity contribution in [2.24, 2.45) is 5.92 Å². The van der Waals surface area contributed by atoms with Gasteiger partial charge in [-0.1, -0.05) is 0 Å². The quantitative estimate of drug-likeness (QED) is 0.725. The standard InChI is InChI=1S/C13H22FNO4/c1-5-18-11(16)9-8-15(7-6-10(9)14)12(17)19-13(2,3)4/h9-10H,5-8H2,1-4H3/t9-,10-/m0/s1. The molecular weight excluding hydrogens is 253 g/mol. The maximum atomic E-state index is 13.7. The predicted molar refractivity (Wildman–Crippen MR) is 67.4 cm³/mol. The molecule has 1 aliphatic rings. The van der Waals surface area contributed by atoms with Crippen molar-refractivity contribution in [1.82, 2.24) is 4.90 Å². The molecular formula is C13H22FNO4. The highest BCUT2D eigenvalue weighted by atomic mass is 19.1. The SMILES string of the molecule is CCOC(=O)[C@H]1CN(C(=O)OC(C)(C)C)CC[C@@H]1F. The number of hydrogen-bond donors (Lipinski definition) is 0. The smallest absolute Gasteiger partial charge is 0.410 e. The number of hydrogen-bond acceptors (Lipinski definition) is 4. The summed E-state index contributed by atoms with van der Waals surface area (Å²) in [7, 11) is 0. The summed E-state index contributed by atoms with van der Waals surface area (Å²) in [6, 6.07) is 0. The van der Waals surface area contributed by atoms with Crippen LogP contribution >= 0.6 is 0 Å². The van der Waals surface area contributed by atoms with E-state index in [-0.39, 0.29) is 26.1 Å². The number of halogens is 1. The van der Waals surface area contributed by atoms with E-state index in [1.807, 2.05) is 0 Å². The molecule has 0 aromatic carbocycles. The van der Waals surface area contributed by atoms with Crippen LogP contribution in [0.2, 0.25) is 0 Å². The van der Waals surface area contributed by atoms with Gasteiger partial charge in [-0.2, -0.15) is 0 Å². The molecule has 0 radical (unpaired) electrons. The summed E-state index contributed by atoms with van der Waals surface area (Å²) in [5, 5.41) is 0. The van der Waals surface area contributed by atoms with E-state index in [4.69, 9.17) is 9.47 Å². The Kier molecular flexibility index (Phi) is 5.14. The molecule has 2 atom stereocenters. The molecule has 1 aliphatic heterocycles. The van der Waals surface area contributed by atoms with Crippen molar-refractivity contribution in [1.29, 1.82) is 0 Å². The average Bonchev–Trinajstić information content (AvgIpc) is 2.27. The Hall–Kier alpha value is -1.33. The van der Waals surface area contributed by atoms with E-state index < -0.39 is 29.8 Å². The molecule has 1 saturated heterocycles. The lowest BCUT2D eigenvalue weighted by atomic mass is 9.96. The molecule has 1 rings (SSSR count). The maximum absolute atomic E-state index is 13.7. The number of carbonyl (C=O) groups is 2. The average molecular weight is 275 g/mol. The predicted octanol–water partition coefficient (Wildman–Crippen LogP) is 2.14. The van der Waals surface area contributed by atoms with Crippen molar-refractivity contribution in [2.45, 2.75) is 45.9 Å². The molecule has 0 aromatic heterocycles. The number of ether oxygens (including phenoxy) is 2. The highest BCUT2D eigenvalue weighted by Gasteiger charge is 2.38. The number of amides is 1. The molecule has 1 fully saturated rings. The first-order valence-corrected chi connectivity index (χ1v) is 6.53. The summed E-state index contributed by atoms with van der Waals surface area (Å²) in [4.78, 5) is 24.9. The van der Waals surface area contributed by atoms with E-state index >= 15 is 0 Å². The summed E-state index contributed by atoms with van der Waals surface area (Å²) in [6.45, 7) is 7.41. The minimum atomic E-state index is -1.27. The van der Waals surface area contributed by atoms with E-state index in [0.29, 0.717) is 0 Å². The second-order valence-corrected chi connectivity index (χ2v) is 5.59. The molecule has 6 heteroatoms. The molecule has 5 nitrogen and oxygen atoms in total. The van der Waals surface area contributed by atoms with Gasteiger partial charge < -0.3 is 14.4 Å². The molecule has 110 valence electrons. The van der Waals surface area contributed by atoms with Crippen molar-refractivity contribution in [2.75, 3.05) is 19.7 Å². The van der Waals surface area contributed by atoms with Gasteiger partial charge in [0.1, 0.15) is 17.7 Å². The Balaban J connectivity index is 2.63. The van der Waals surface area contributed by atoms with E-state index in [1.54, 1.807) is 27.7 Å². The third-order valence-corrected chi connectivity index (χ3v) is 2.77. The van der Waals surface area contributed by atoms with Gasteiger partial charge in [-0.25, -0.2) is 9.18 Å². The maximum Gasteiger partial charge on any atom is 0.410 e. The fourth-order valence-electron chi connectivity index (χ4n) is 1.89. The number of piperidine rings is 1. The zero-order chi connectivity index (χ0) is 14.6. The summed E-state index contributed by atoms with van der Waals surface area (Å²) in [5.74, 6) is -1.51. The van der Waals surface area contributed by atoms with E-state index in [9.17, 15) is 14.0 Å². The molecule has 1 heterocycles. The lowest BCUT2D eigenvalue weighted by Gasteiger charge is -2.34. The topological polar surface area (TPSA) is 55.8 Å². The first kappa shape index (κ1) is 15.7. The summed E-state index contributed by atoms with van der Waals surface area (Å²) < 4.78 is 23.8. The van der Waals surface area contributed by atoms with Gasteiger partial charge in [0.25, 0.3) is 0 Å². The van der Waals surface area contributed by atoms with Crippen LogP contribution in [0, 0.1) is 5.92 Å². The Morgan fingerprint density at radius 2 is 2.00 bits per heavy atom. The van der Waals surface area contributed by atoms with Crippen LogP contribution in [0.5, 0.6) is 0 Å². The van der Waals surface area contributed by atoms with Crippen molar-refractivity contribution in [3.05, 3.63) is 0 Å². The lowest BCUT2D eigenvalue weighted by molar-refractivity contribution is -0.152. The number of rotatable bonds is 2. The van der Waals surface area contributed by atoms with Gasteiger partial charge in [0.15, 0.2) is 0 Å². The first-order valence-electron chi connectivity index (χ1n) is 6.53. The zero-order valence-corrected chi connectivity index (χ0v) is 11.9.